The van der Waals surface area contributed by atoms with Crippen LogP contribution in [0.4, 0.5) is 0 Å². The first-order valence-corrected chi connectivity index (χ1v) is 8.62. The predicted octanol–water partition coefficient (Wildman–Crippen LogP) is 2.10. The molecule has 1 rings (SSSR count). The van der Waals surface area contributed by atoms with E-state index < -0.39 is 0 Å². The van der Waals surface area contributed by atoms with Crippen LogP contribution in [0.25, 0.3) is 0 Å². The smallest absolute Gasteiger partial charge is 0.264 e. The van der Waals surface area contributed by atoms with Gasteiger partial charge in [-0.25, -0.2) is 0 Å². The van der Waals surface area contributed by atoms with Gasteiger partial charge in [-0.1, -0.05) is 6.92 Å². The number of hydrogen-bond donors (Lipinski definition) is 0. The first-order valence-electron chi connectivity index (χ1n) is 7.40. The van der Waals surface area contributed by atoms with Gasteiger partial charge in [0, 0.05) is 32.8 Å². The van der Waals surface area contributed by atoms with Crippen molar-refractivity contribution in [3.8, 4) is 0 Å². The predicted molar refractivity (Wildman–Crippen MR) is 86.9 cm³/mol. The Bertz CT molecular complexity index is 359. The molecule has 7 heteroatoms. The highest BCUT2D eigenvalue weighted by molar-refractivity contribution is 8.02. The van der Waals surface area contributed by atoms with Crippen LogP contribution in [0, 0.1) is 16.0 Å². The van der Waals surface area contributed by atoms with E-state index in [2.05, 4.69) is 18.7 Å². The van der Waals surface area contributed by atoms with Crippen molar-refractivity contribution in [3.05, 3.63) is 21.3 Å². The van der Waals surface area contributed by atoms with Gasteiger partial charge in [-0.15, -0.1) is 11.8 Å². The van der Waals surface area contributed by atoms with Gasteiger partial charge < -0.3 is 9.64 Å². The van der Waals surface area contributed by atoms with Gasteiger partial charge in [-0.05, 0) is 32.1 Å². The summed E-state index contributed by atoms with van der Waals surface area (Å²) in [5, 5.41) is 11.3. The minimum atomic E-state index is -0.388. The monoisotopic (exact) mass is 317 g/mol. The first kappa shape index (κ1) is 18.3. The maximum absolute atomic E-state index is 10.6. The zero-order valence-corrected chi connectivity index (χ0v) is 14.3. The largest absolute Gasteiger partial charge is 0.381 e. The summed E-state index contributed by atoms with van der Waals surface area (Å²) < 4.78 is 5.44. The van der Waals surface area contributed by atoms with Gasteiger partial charge in [0.25, 0.3) is 6.20 Å². The molecule has 0 bridgehead atoms. The number of thioether (sulfide) groups is 1. The summed E-state index contributed by atoms with van der Waals surface area (Å²) in [6.45, 7) is 8.88. The molecule has 0 amide bonds. The zero-order valence-electron chi connectivity index (χ0n) is 13.4. The summed E-state index contributed by atoms with van der Waals surface area (Å²) in [5.74, 6) is 0.618. The second kappa shape index (κ2) is 9.27. The number of nitro groups is 1. The highest BCUT2D eigenvalue weighted by Crippen LogP contribution is 2.19. The van der Waals surface area contributed by atoms with Crippen LogP contribution in [0.5, 0.6) is 0 Å². The molecule has 0 aliphatic carbocycles. The van der Waals surface area contributed by atoms with Crippen LogP contribution >= 0.6 is 11.8 Å². The van der Waals surface area contributed by atoms with Gasteiger partial charge in [-0.2, -0.15) is 0 Å². The average Bonchev–Trinajstić information content (AvgIpc) is 2.94. The number of hydrogen-bond acceptors (Lipinski definition) is 6. The number of likely N-dealkylation sites (N-methyl/N-ethyl adjacent to an activating group) is 2. The molecule has 0 saturated carbocycles. The van der Waals surface area contributed by atoms with Crippen LogP contribution in [-0.4, -0.2) is 66.9 Å². The summed E-state index contributed by atoms with van der Waals surface area (Å²) in [6.07, 6.45) is 4.08. The molecular weight excluding hydrogens is 290 g/mol. The molecule has 0 N–H and O–H groups in total. The van der Waals surface area contributed by atoms with Crippen molar-refractivity contribution >= 4 is 11.8 Å². The van der Waals surface area contributed by atoms with Crippen LogP contribution in [0.1, 0.15) is 20.3 Å². The molecule has 1 fully saturated rings. The molecule has 0 aromatic heterocycles. The van der Waals surface area contributed by atoms with Crippen molar-refractivity contribution in [3.63, 3.8) is 0 Å². The molecule has 2 unspecified atom stereocenters. The van der Waals surface area contributed by atoms with Crippen LogP contribution in [0.3, 0.4) is 0 Å². The standard InChI is InChI=1S/C14H27N3O3S/c1-5-16(9-13-6-7-20-11-13)12(2)8-15(3)14(21-4)10-17(18)19/h10,12-13H,5-9,11H2,1-4H3. The lowest BCUT2D eigenvalue weighted by atomic mass is 10.1. The summed E-state index contributed by atoms with van der Waals surface area (Å²) in [7, 11) is 1.91. The molecule has 6 nitrogen and oxygen atoms in total. The number of nitrogens with zero attached hydrogens (tertiary/aromatic N) is 3. The Labute approximate surface area is 131 Å². The Morgan fingerprint density at radius 2 is 2.33 bits per heavy atom. The fourth-order valence-electron chi connectivity index (χ4n) is 2.68. The van der Waals surface area contributed by atoms with Crippen molar-refractivity contribution in [1.82, 2.24) is 9.80 Å². The third-order valence-corrected chi connectivity index (χ3v) is 4.72. The van der Waals surface area contributed by atoms with Gasteiger partial charge in [0.2, 0.25) is 0 Å². The summed E-state index contributed by atoms with van der Waals surface area (Å²) in [4.78, 5) is 14.7. The van der Waals surface area contributed by atoms with Crippen molar-refractivity contribution in [1.29, 1.82) is 0 Å². The molecule has 122 valence electrons. The molecule has 1 saturated heterocycles. The normalized spacial score (nSPS) is 20.8. The lowest BCUT2D eigenvalue weighted by Gasteiger charge is -2.33. The Balaban J connectivity index is 2.55. The van der Waals surface area contributed by atoms with E-state index >= 15 is 0 Å². The Hall–Kier alpha value is -0.790. The average molecular weight is 317 g/mol. The first-order chi connectivity index (χ1) is 9.97. The maximum Gasteiger partial charge on any atom is 0.264 e. The van der Waals surface area contributed by atoms with Crippen molar-refractivity contribution in [2.75, 3.05) is 46.2 Å². The summed E-state index contributed by atoms with van der Waals surface area (Å²) >= 11 is 1.41. The number of ether oxygens (including phenoxy) is 1. The van der Waals surface area contributed by atoms with Crippen LogP contribution < -0.4 is 0 Å². The fraction of sp³-hybridized carbons (Fsp3) is 0.857. The van der Waals surface area contributed by atoms with Crippen LogP contribution in [0.2, 0.25) is 0 Å². The van der Waals surface area contributed by atoms with Crippen molar-refractivity contribution < 1.29 is 9.66 Å². The van der Waals surface area contributed by atoms with Crippen LogP contribution in [-0.2, 0) is 4.74 Å². The van der Waals surface area contributed by atoms with E-state index in [0.29, 0.717) is 17.0 Å². The minimum Gasteiger partial charge on any atom is -0.381 e. The molecule has 1 aliphatic heterocycles. The molecule has 0 aromatic carbocycles. The lowest BCUT2D eigenvalue weighted by molar-refractivity contribution is -0.403. The van der Waals surface area contributed by atoms with E-state index in [0.717, 1.165) is 45.5 Å². The Morgan fingerprint density at radius 1 is 1.62 bits per heavy atom. The highest BCUT2D eigenvalue weighted by atomic mass is 32.2. The molecule has 1 heterocycles. The molecule has 0 radical (unpaired) electrons. The highest BCUT2D eigenvalue weighted by Gasteiger charge is 2.22. The second-order valence-electron chi connectivity index (χ2n) is 5.50. The van der Waals surface area contributed by atoms with Crippen LogP contribution in [0.15, 0.2) is 11.2 Å². The van der Waals surface area contributed by atoms with E-state index in [1.807, 2.05) is 18.2 Å². The Morgan fingerprint density at radius 3 is 2.81 bits per heavy atom. The van der Waals surface area contributed by atoms with Crippen molar-refractivity contribution in [2.24, 2.45) is 5.92 Å². The van der Waals surface area contributed by atoms with Gasteiger partial charge in [0.1, 0.15) is 5.03 Å². The molecule has 1 aliphatic rings. The van der Waals surface area contributed by atoms with E-state index in [4.69, 9.17) is 4.74 Å². The third kappa shape index (κ3) is 6.23. The van der Waals surface area contributed by atoms with E-state index in [9.17, 15) is 10.1 Å². The number of rotatable bonds is 9. The molecule has 21 heavy (non-hydrogen) atoms. The quantitative estimate of drug-likeness (QED) is 0.479. The molecule has 2 atom stereocenters. The molecule has 0 spiro atoms. The summed E-state index contributed by atoms with van der Waals surface area (Å²) in [6, 6.07) is 0.350. The topological polar surface area (TPSA) is 58.8 Å². The maximum atomic E-state index is 10.6. The second-order valence-corrected chi connectivity index (χ2v) is 6.33. The summed E-state index contributed by atoms with van der Waals surface area (Å²) in [5.41, 5.74) is 0. The van der Waals surface area contributed by atoms with Gasteiger partial charge >= 0.3 is 0 Å². The van der Waals surface area contributed by atoms with E-state index in [1.165, 1.54) is 11.8 Å². The fourth-order valence-corrected chi connectivity index (χ4v) is 3.26. The van der Waals surface area contributed by atoms with Gasteiger partial charge in [0.15, 0.2) is 0 Å². The Kier molecular flexibility index (Phi) is 8.06. The SMILES string of the molecule is CCN(CC1CCOC1)C(C)CN(C)C(=C[N+](=O)[O-])SC. The van der Waals surface area contributed by atoms with E-state index in [1.54, 1.807) is 0 Å². The third-order valence-electron chi connectivity index (χ3n) is 3.89. The van der Waals surface area contributed by atoms with Crippen molar-refractivity contribution in [2.45, 2.75) is 26.3 Å². The lowest BCUT2D eigenvalue weighted by Crippen LogP contribution is -2.43. The molecular formula is C14H27N3O3S. The van der Waals surface area contributed by atoms with Gasteiger partial charge in [0.05, 0.1) is 11.5 Å². The zero-order chi connectivity index (χ0) is 15.8. The van der Waals surface area contributed by atoms with Gasteiger partial charge in [-0.3, -0.25) is 15.0 Å². The van der Waals surface area contributed by atoms with E-state index in [-0.39, 0.29) is 4.92 Å². The minimum absolute atomic E-state index is 0.350. The molecule has 0 aromatic rings.